The van der Waals surface area contributed by atoms with Crippen LogP contribution in [0.2, 0.25) is 10.0 Å². The molecule has 0 fully saturated rings. The van der Waals surface area contributed by atoms with Gasteiger partial charge in [0.05, 0.1) is 15.7 Å². The van der Waals surface area contributed by atoms with Crippen molar-refractivity contribution >= 4 is 23.2 Å². The van der Waals surface area contributed by atoms with E-state index in [-0.39, 0.29) is 0 Å². The average Bonchev–Trinajstić information content (AvgIpc) is 2.27. The highest BCUT2D eigenvalue weighted by Gasteiger charge is 2.10. The smallest absolute Gasteiger partial charge is 0.0749 e. The van der Waals surface area contributed by atoms with Crippen molar-refractivity contribution in [1.29, 1.82) is 0 Å². The molecule has 0 bridgehead atoms. The van der Waals surface area contributed by atoms with E-state index in [1.165, 1.54) is 5.56 Å². The zero-order valence-corrected chi connectivity index (χ0v) is 10.6. The lowest BCUT2D eigenvalue weighted by Gasteiger charge is -2.09. The minimum absolute atomic E-state index is 0.557. The van der Waals surface area contributed by atoms with Crippen molar-refractivity contribution in [3.05, 3.63) is 51.6 Å². The van der Waals surface area contributed by atoms with Crippen LogP contribution in [-0.4, -0.2) is 4.98 Å². The summed E-state index contributed by atoms with van der Waals surface area (Å²) in [5.41, 5.74) is 4.11. The van der Waals surface area contributed by atoms with Crippen molar-refractivity contribution in [2.24, 2.45) is 0 Å². The van der Waals surface area contributed by atoms with Crippen molar-refractivity contribution in [3.8, 4) is 11.3 Å². The quantitative estimate of drug-likeness (QED) is 0.718. The van der Waals surface area contributed by atoms with Gasteiger partial charge in [0.25, 0.3) is 0 Å². The monoisotopic (exact) mass is 251 g/mol. The predicted molar refractivity (Wildman–Crippen MR) is 69.2 cm³/mol. The number of halogens is 2. The van der Waals surface area contributed by atoms with Gasteiger partial charge >= 0.3 is 0 Å². The molecule has 1 aromatic carbocycles. The fourth-order valence-electron chi connectivity index (χ4n) is 1.59. The topological polar surface area (TPSA) is 12.9 Å². The summed E-state index contributed by atoms with van der Waals surface area (Å²) in [6.07, 6.45) is 1.79. The van der Waals surface area contributed by atoms with E-state index in [4.69, 9.17) is 23.2 Å². The standard InChI is InChI=1S/C13H11Cl2N/c1-8-6-7-16-13(9(8)2)10-4-3-5-11(14)12(10)15/h3-7H,1-2H3. The van der Waals surface area contributed by atoms with Crippen LogP contribution in [0.5, 0.6) is 0 Å². The first-order chi connectivity index (χ1) is 7.61. The Hall–Kier alpha value is -1.05. The number of rotatable bonds is 1. The van der Waals surface area contributed by atoms with E-state index >= 15 is 0 Å². The Kier molecular flexibility index (Phi) is 3.17. The van der Waals surface area contributed by atoms with Gasteiger partial charge < -0.3 is 0 Å². The summed E-state index contributed by atoms with van der Waals surface area (Å²) < 4.78 is 0. The van der Waals surface area contributed by atoms with Gasteiger partial charge in [0.2, 0.25) is 0 Å². The van der Waals surface area contributed by atoms with Gasteiger partial charge in [0, 0.05) is 11.8 Å². The molecule has 0 saturated carbocycles. The second-order valence-corrected chi connectivity index (χ2v) is 4.49. The fourth-order valence-corrected chi connectivity index (χ4v) is 1.98. The van der Waals surface area contributed by atoms with Crippen molar-refractivity contribution in [3.63, 3.8) is 0 Å². The normalized spacial score (nSPS) is 10.5. The molecule has 82 valence electrons. The third-order valence-electron chi connectivity index (χ3n) is 2.68. The number of hydrogen-bond acceptors (Lipinski definition) is 1. The van der Waals surface area contributed by atoms with Crippen LogP contribution >= 0.6 is 23.2 Å². The van der Waals surface area contributed by atoms with Crippen LogP contribution in [0.1, 0.15) is 11.1 Å². The van der Waals surface area contributed by atoms with E-state index in [2.05, 4.69) is 11.9 Å². The average molecular weight is 252 g/mol. The number of aromatic nitrogens is 1. The molecule has 0 spiro atoms. The maximum atomic E-state index is 6.18. The molecule has 16 heavy (non-hydrogen) atoms. The molecule has 0 aliphatic heterocycles. The number of hydrogen-bond donors (Lipinski definition) is 0. The summed E-state index contributed by atoms with van der Waals surface area (Å²) in [5.74, 6) is 0. The van der Waals surface area contributed by atoms with Crippen LogP contribution in [-0.2, 0) is 0 Å². The predicted octanol–water partition coefficient (Wildman–Crippen LogP) is 4.67. The zero-order chi connectivity index (χ0) is 11.7. The highest BCUT2D eigenvalue weighted by molar-refractivity contribution is 6.43. The molecule has 2 rings (SSSR count). The summed E-state index contributed by atoms with van der Waals surface area (Å²) in [7, 11) is 0. The molecule has 0 aliphatic rings. The molecule has 2 aromatic rings. The molecule has 0 N–H and O–H groups in total. The van der Waals surface area contributed by atoms with Gasteiger partial charge in [-0.2, -0.15) is 0 Å². The molecule has 0 radical (unpaired) electrons. The van der Waals surface area contributed by atoms with Gasteiger partial charge in [0.15, 0.2) is 0 Å². The second kappa shape index (κ2) is 4.44. The van der Waals surface area contributed by atoms with Crippen molar-refractivity contribution in [2.45, 2.75) is 13.8 Å². The van der Waals surface area contributed by atoms with Crippen LogP contribution in [0.3, 0.4) is 0 Å². The maximum Gasteiger partial charge on any atom is 0.0749 e. The van der Waals surface area contributed by atoms with Crippen LogP contribution < -0.4 is 0 Å². The van der Waals surface area contributed by atoms with Gasteiger partial charge in [-0.25, -0.2) is 0 Å². The van der Waals surface area contributed by atoms with Crippen LogP contribution in [0.25, 0.3) is 11.3 Å². The fraction of sp³-hybridized carbons (Fsp3) is 0.154. The number of aryl methyl sites for hydroxylation is 1. The van der Waals surface area contributed by atoms with E-state index in [1.54, 1.807) is 12.3 Å². The molecule has 1 heterocycles. The Balaban J connectivity index is 2.68. The first-order valence-corrected chi connectivity index (χ1v) is 5.73. The SMILES string of the molecule is Cc1ccnc(-c2cccc(Cl)c2Cl)c1C. The van der Waals surface area contributed by atoms with Crippen molar-refractivity contribution in [1.82, 2.24) is 4.98 Å². The lowest BCUT2D eigenvalue weighted by atomic mass is 10.0. The summed E-state index contributed by atoms with van der Waals surface area (Å²) in [4.78, 5) is 4.37. The summed E-state index contributed by atoms with van der Waals surface area (Å²) in [5, 5.41) is 1.12. The Morgan fingerprint density at radius 2 is 1.81 bits per heavy atom. The van der Waals surface area contributed by atoms with Gasteiger partial charge in [-0.15, -0.1) is 0 Å². The lowest BCUT2D eigenvalue weighted by Crippen LogP contribution is -1.91. The molecule has 0 amide bonds. The molecule has 1 aromatic heterocycles. The van der Waals surface area contributed by atoms with Crippen LogP contribution in [0.4, 0.5) is 0 Å². The first-order valence-electron chi connectivity index (χ1n) is 4.98. The molecule has 0 saturated heterocycles. The third-order valence-corrected chi connectivity index (χ3v) is 3.50. The minimum atomic E-state index is 0.557. The first kappa shape index (κ1) is 11.4. The van der Waals surface area contributed by atoms with E-state index in [1.807, 2.05) is 25.1 Å². The summed E-state index contributed by atoms with van der Waals surface area (Å²) >= 11 is 12.2. The number of benzene rings is 1. The summed E-state index contributed by atoms with van der Waals surface area (Å²) in [6.45, 7) is 4.09. The minimum Gasteiger partial charge on any atom is -0.256 e. The van der Waals surface area contributed by atoms with E-state index in [9.17, 15) is 0 Å². The van der Waals surface area contributed by atoms with E-state index in [0.717, 1.165) is 16.8 Å². The zero-order valence-electron chi connectivity index (χ0n) is 9.09. The van der Waals surface area contributed by atoms with Crippen molar-refractivity contribution in [2.75, 3.05) is 0 Å². The summed E-state index contributed by atoms with van der Waals surface area (Å²) in [6, 6.07) is 7.58. The van der Waals surface area contributed by atoms with Gasteiger partial charge in [0.1, 0.15) is 0 Å². The number of nitrogens with zero attached hydrogens (tertiary/aromatic N) is 1. The van der Waals surface area contributed by atoms with E-state index in [0.29, 0.717) is 10.0 Å². The lowest BCUT2D eigenvalue weighted by molar-refractivity contribution is 1.22. The van der Waals surface area contributed by atoms with E-state index < -0.39 is 0 Å². The molecule has 0 unspecified atom stereocenters. The highest BCUT2D eigenvalue weighted by Crippen LogP contribution is 2.34. The molecular weight excluding hydrogens is 241 g/mol. The van der Waals surface area contributed by atoms with Crippen LogP contribution in [0, 0.1) is 13.8 Å². The Labute approximate surface area is 105 Å². The van der Waals surface area contributed by atoms with Crippen LogP contribution in [0.15, 0.2) is 30.5 Å². The highest BCUT2D eigenvalue weighted by atomic mass is 35.5. The van der Waals surface area contributed by atoms with Gasteiger partial charge in [-0.1, -0.05) is 35.3 Å². The van der Waals surface area contributed by atoms with Gasteiger partial charge in [-0.3, -0.25) is 4.98 Å². The largest absolute Gasteiger partial charge is 0.256 e. The third kappa shape index (κ3) is 1.93. The Bertz CT molecular complexity index is 486. The molecular formula is C13H11Cl2N. The Morgan fingerprint density at radius 1 is 1.06 bits per heavy atom. The Morgan fingerprint density at radius 3 is 2.56 bits per heavy atom. The molecule has 0 atom stereocenters. The maximum absolute atomic E-state index is 6.18. The molecule has 0 aliphatic carbocycles. The van der Waals surface area contributed by atoms with Crippen molar-refractivity contribution < 1.29 is 0 Å². The van der Waals surface area contributed by atoms with Gasteiger partial charge in [-0.05, 0) is 37.1 Å². The molecule has 3 heteroatoms. The molecule has 1 nitrogen and oxygen atoms in total. The second-order valence-electron chi connectivity index (χ2n) is 3.70. The number of pyridine rings is 1.